The molecule has 0 aromatic heterocycles. The van der Waals surface area contributed by atoms with E-state index in [1.807, 2.05) is 18.2 Å². The van der Waals surface area contributed by atoms with Crippen LogP contribution in [0.15, 0.2) is 38.0 Å². The molecule has 0 aromatic rings. The molecule has 0 spiro atoms. The Bertz CT molecular complexity index is 120. The van der Waals surface area contributed by atoms with Gasteiger partial charge < -0.3 is 0 Å². The van der Waals surface area contributed by atoms with Gasteiger partial charge in [0.15, 0.2) is 0 Å². The summed E-state index contributed by atoms with van der Waals surface area (Å²) < 4.78 is 0. The predicted octanol–water partition coefficient (Wildman–Crippen LogP) is 3.33. The molecular weight excluding hydrogens is 151 g/mol. The quantitative estimate of drug-likeness (QED) is 0.421. The maximum absolute atomic E-state index is 3.73. The van der Waals surface area contributed by atoms with Crippen LogP contribution in [0.5, 0.6) is 0 Å². The molecule has 0 saturated carbocycles. The minimum atomic E-state index is 0.214. The molecule has 62 valence electrons. The van der Waals surface area contributed by atoms with Crippen LogP contribution < -0.4 is 0 Å². The molecule has 1 heteroatoms. The van der Waals surface area contributed by atoms with Crippen LogP contribution in [0.3, 0.4) is 0 Å². The summed E-state index contributed by atoms with van der Waals surface area (Å²) in [6, 6.07) is 0. The molecule has 0 aromatic carbocycles. The lowest BCUT2D eigenvalue weighted by atomic mass is 9.96. The minimum absolute atomic E-state index is 0.214. The molecule has 0 amide bonds. The molecule has 1 atom stereocenters. The van der Waals surface area contributed by atoms with E-state index in [4.69, 9.17) is 0 Å². The van der Waals surface area contributed by atoms with Gasteiger partial charge in [-0.2, -0.15) is 0 Å². The first kappa shape index (κ1) is 10.7. The highest BCUT2D eigenvalue weighted by atomic mass is 31.0. The summed E-state index contributed by atoms with van der Waals surface area (Å²) in [6.07, 6.45) is 8.82. The number of rotatable bonds is 6. The number of hydrogen-bond donors (Lipinski definition) is 0. The smallest absolute Gasteiger partial charge is 0.00475 e. The van der Waals surface area contributed by atoms with Crippen LogP contribution in [0.4, 0.5) is 0 Å². The third-order valence-corrected chi connectivity index (χ3v) is 2.36. The van der Waals surface area contributed by atoms with Crippen molar-refractivity contribution in [3.63, 3.8) is 0 Å². The van der Waals surface area contributed by atoms with E-state index in [1.165, 1.54) is 0 Å². The van der Waals surface area contributed by atoms with Gasteiger partial charge in [-0.3, -0.25) is 0 Å². The fourth-order valence-corrected chi connectivity index (χ4v) is 1.61. The van der Waals surface area contributed by atoms with Crippen molar-refractivity contribution in [2.24, 2.45) is 0 Å². The van der Waals surface area contributed by atoms with Gasteiger partial charge >= 0.3 is 0 Å². The Morgan fingerprint density at radius 3 is 1.36 bits per heavy atom. The third kappa shape index (κ3) is 4.16. The maximum Gasteiger partial charge on any atom is -0.00475 e. The largest absolute Gasteiger partial charge is 0.130 e. The van der Waals surface area contributed by atoms with Gasteiger partial charge in [0.2, 0.25) is 0 Å². The molecular formula is C10H17P. The van der Waals surface area contributed by atoms with E-state index in [1.54, 1.807) is 0 Å². The molecule has 11 heavy (non-hydrogen) atoms. The van der Waals surface area contributed by atoms with E-state index >= 15 is 0 Å². The van der Waals surface area contributed by atoms with E-state index < -0.39 is 0 Å². The van der Waals surface area contributed by atoms with E-state index in [9.17, 15) is 0 Å². The minimum Gasteiger partial charge on any atom is -0.130 e. The van der Waals surface area contributed by atoms with E-state index in [0.717, 1.165) is 19.3 Å². The Morgan fingerprint density at radius 1 is 0.909 bits per heavy atom. The number of allylic oxidation sites excluding steroid dienone is 3. The lowest BCUT2D eigenvalue weighted by Crippen LogP contribution is -2.17. The Hall–Kier alpha value is -0.350. The summed E-state index contributed by atoms with van der Waals surface area (Å²) in [4.78, 5) is 0. The zero-order chi connectivity index (χ0) is 8.74. The predicted molar refractivity (Wildman–Crippen MR) is 56.9 cm³/mol. The molecule has 0 radical (unpaired) electrons. The van der Waals surface area contributed by atoms with Crippen molar-refractivity contribution in [3.05, 3.63) is 38.0 Å². The van der Waals surface area contributed by atoms with Crippen molar-refractivity contribution < 1.29 is 0 Å². The molecule has 0 saturated heterocycles. The zero-order valence-electron chi connectivity index (χ0n) is 7.05. The third-order valence-electron chi connectivity index (χ3n) is 1.65. The standard InChI is InChI=1S/C10H17P/c1-4-7-10(11,8-5-2)9-6-3/h4-6H,1-3,7-9,11H2. The summed E-state index contributed by atoms with van der Waals surface area (Å²) in [7, 11) is 2.86. The molecule has 0 heterocycles. The summed E-state index contributed by atoms with van der Waals surface area (Å²) >= 11 is 0. The fourth-order valence-electron chi connectivity index (χ4n) is 1.11. The normalized spacial score (nSPS) is 10.6. The van der Waals surface area contributed by atoms with Crippen molar-refractivity contribution >= 4 is 9.24 Å². The van der Waals surface area contributed by atoms with Gasteiger partial charge in [0.25, 0.3) is 0 Å². The summed E-state index contributed by atoms with van der Waals surface area (Å²) in [6.45, 7) is 11.2. The zero-order valence-corrected chi connectivity index (χ0v) is 8.21. The van der Waals surface area contributed by atoms with Crippen LogP contribution in [0.2, 0.25) is 0 Å². The Balaban J connectivity index is 4.09. The van der Waals surface area contributed by atoms with E-state index in [2.05, 4.69) is 29.0 Å². The van der Waals surface area contributed by atoms with Crippen molar-refractivity contribution in [2.75, 3.05) is 0 Å². The average molecular weight is 168 g/mol. The van der Waals surface area contributed by atoms with Crippen LogP contribution in [0.25, 0.3) is 0 Å². The van der Waals surface area contributed by atoms with Crippen molar-refractivity contribution in [1.29, 1.82) is 0 Å². The molecule has 0 aliphatic heterocycles. The molecule has 0 nitrogen and oxygen atoms in total. The molecule has 0 aliphatic rings. The van der Waals surface area contributed by atoms with Crippen LogP contribution in [0, 0.1) is 0 Å². The molecule has 0 N–H and O–H groups in total. The van der Waals surface area contributed by atoms with Crippen LogP contribution in [-0.4, -0.2) is 5.16 Å². The topological polar surface area (TPSA) is 0 Å². The summed E-state index contributed by atoms with van der Waals surface area (Å²) in [5.41, 5.74) is 0. The second-order valence-corrected chi connectivity index (χ2v) is 4.07. The van der Waals surface area contributed by atoms with Crippen molar-refractivity contribution in [3.8, 4) is 0 Å². The highest BCUT2D eigenvalue weighted by molar-refractivity contribution is 7.19. The van der Waals surface area contributed by atoms with Gasteiger partial charge in [-0.05, 0) is 24.4 Å². The van der Waals surface area contributed by atoms with E-state index in [-0.39, 0.29) is 5.16 Å². The second kappa shape index (κ2) is 5.32. The highest BCUT2D eigenvalue weighted by Crippen LogP contribution is 2.31. The SMILES string of the molecule is C=CCC(P)(CC=C)CC=C. The van der Waals surface area contributed by atoms with Gasteiger partial charge in [-0.1, -0.05) is 18.2 Å². The van der Waals surface area contributed by atoms with Crippen molar-refractivity contribution in [1.82, 2.24) is 0 Å². The first-order valence-electron chi connectivity index (χ1n) is 3.80. The number of hydrogen-bond acceptors (Lipinski definition) is 0. The summed E-state index contributed by atoms with van der Waals surface area (Å²) in [5.74, 6) is 0. The van der Waals surface area contributed by atoms with Gasteiger partial charge in [0.1, 0.15) is 0 Å². The molecule has 1 unspecified atom stereocenters. The van der Waals surface area contributed by atoms with Gasteiger partial charge in [0.05, 0.1) is 0 Å². The molecule has 0 aliphatic carbocycles. The first-order valence-corrected chi connectivity index (χ1v) is 4.38. The molecule has 0 fully saturated rings. The average Bonchev–Trinajstić information content (AvgIpc) is 1.88. The lowest BCUT2D eigenvalue weighted by molar-refractivity contribution is 0.610. The van der Waals surface area contributed by atoms with Crippen molar-refractivity contribution in [2.45, 2.75) is 24.4 Å². The van der Waals surface area contributed by atoms with Gasteiger partial charge in [-0.15, -0.1) is 29.0 Å². The fraction of sp³-hybridized carbons (Fsp3) is 0.400. The van der Waals surface area contributed by atoms with Gasteiger partial charge in [-0.25, -0.2) is 0 Å². The monoisotopic (exact) mass is 168 g/mol. The second-order valence-electron chi connectivity index (χ2n) is 2.84. The molecule has 0 bridgehead atoms. The Labute approximate surface area is 72.3 Å². The highest BCUT2D eigenvalue weighted by Gasteiger charge is 2.18. The Kier molecular flexibility index (Phi) is 5.15. The van der Waals surface area contributed by atoms with Gasteiger partial charge in [0, 0.05) is 0 Å². The summed E-state index contributed by atoms with van der Waals surface area (Å²) in [5, 5.41) is 0.214. The van der Waals surface area contributed by atoms with Crippen LogP contribution in [-0.2, 0) is 0 Å². The van der Waals surface area contributed by atoms with E-state index in [0.29, 0.717) is 0 Å². The van der Waals surface area contributed by atoms with Crippen LogP contribution >= 0.6 is 9.24 Å². The first-order chi connectivity index (χ1) is 5.18. The van der Waals surface area contributed by atoms with Crippen LogP contribution in [0.1, 0.15) is 19.3 Å². The lowest BCUT2D eigenvalue weighted by Gasteiger charge is -2.24. The Morgan fingerprint density at radius 2 is 1.18 bits per heavy atom. The molecule has 0 rings (SSSR count). The maximum atomic E-state index is 3.73.